The topological polar surface area (TPSA) is 116 Å². The van der Waals surface area contributed by atoms with Crippen LogP contribution in [-0.4, -0.2) is 70.3 Å². The van der Waals surface area contributed by atoms with E-state index in [9.17, 15) is 24.6 Å². The van der Waals surface area contributed by atoms with Gasteiger partial charge >= 0.3 is 5.97 Å². The van der Waals surface area contributed by atoms with Crippen molar-refractivity contribution in [2.24, 2.45) is 29.1 Å². The molecule has 8 atom stereocenters. The second-order valence-corrected chi connectivity index (χ2v) is 17.3. The lowest BCUT2D eigenvalue weighted by Gasteiger charge is -2.44. The molecule has 3 rings (SSSR count). The monoisotopic (exact) mass is 789 g/mol. The van der Waals surface area contributed by atoms with Crippen LogP contribution in [0.4, 0.5) is 0 Å². The maximum absolute atomic E-state index is 13.1. The molecule has 0 aromatic heterocycles. The highest BCUT2D eigenvalue weighted by molar-refractivity contribution is 5.78. The fourth-order valence-corrected chi connectivity index (χ4v) is 8.07. The van der Waals surface area contributed by atoms with Crippen LogP contribution in [0.5, 0.6) is 0 Å². The van der Waals surface area contributed by atoms with Gasteiger partial charge in [-0.3, -0.25) is 14.4 Å². The number of likely N-dealkylation sites (tertiary alicyclic amines) is 1. The quantitative estimate of drug-likeness (QED) is 0.0510. The number of aliphatic hydroxyl groups is 2. The molecule has 0 saturated carbocycles. The van der Waals surface area contributed by atoms with Gasteiger partial charge in [0.05, 0.1) is 24.0 Å². The first-order valence-corrected chi connectivity index (χ1v) is 22.1. The molecule has 1 heterocycles. The van der Waals surface area contributed by atoms with Gasteiger partial charge in [0.25, 0.3) is 0 Å². The van der Waals surface area contributed by atoms with Crippen LogP contribution in [0, 0.1) is 29.1 Å². The van der Waals surface area contributed by atoms with Crippen LogP contribution in [0.3, 0.4) is 0 Å². The first kappa shape index (κ1) is 47.9. The number of hydrogen-bond donors (Lipinski definition) is 3. The van der Waals surface area contributed by atoms with Crippen LogP contribution < -0.4 is 5.32 Å². The molecule has 8 heteroatoms. The van der Waals surface area contributed by atoms with Crippen LogP contribution in [0.2, 0.25) is 0 Å². The summed E-state index contributed by atoms with van der Waals surface area (Å²) < 4.78 is 6.22. The summed E-state index contributed by atoms with van der Waals surface area (Å²) in [6.07, 6.45) is 37.0. The average molecular weight is 789 g/mol. The Kier molecular flexibility index (Phi) is 21.7. The summed E-state index contributed by atoms with van der Waals surface area (Å²) in [7, 11) is 0. The molecule has 3 N–H and O–H groups in total. The average Bonchev–Trinajstić information content (AvgIpc) is 3.63. The van der Waals surface area contributed by atoms with E-state index in [0.717, 1.165) is 57.8 Å². The smallest absolute Gasteiger partial charge is 0.311 e. The molecule has 3 aliphatic rings. The number of rotatable bonds is 24. The van der Waals surface area contributed by atoms with Gasteiger partial charge in [-0.2, -0.15) is 0 Å². The van der Waals surface area contributed by atoms with Gasteiger partial charge in [-0.25, -0.2) is 0 Å². The lowest BCUT2D eigenvalue weighted by atomic mass is 9.65. The predicted octanol–water partition coefficient (Wildman–Crippen LogP) is 9.66. The number of amides is 2. The number of nitrogens with one attached hydrogen (secondary N) is 1. The minimum Gasteiger partial charge on any atom is -0.461 e. The third kappa shape index (κ3) is 17.5. The van der Waals surface area contributed by atoms with E-state index in [1.54, 1.807) is 0 Å². The van der Waals surface area contributed by atoms with E-state index in [-0.39, 0.29) is 60.5 Å². The van der Waals surface area contributed by atoms with Crippen molar-refractivity contribution in [3.8, 4) is 0 Å². The number of carbonyl (C=O) groups is 3. The molecule has 1 saturated heterocycles. The molecule has 8 nitrogen and oxygen atoms in total. The van der Waals surface area contributed by atoms with Crippen LogP contribution in [0.15, 0.2) is 84.6 Å². The molecule has 1 aliphatic heterocycles. The van der Waals surface area contributed by atoms with Gasteiger partial charge < -0.3 is 25.2 Å². The van der Waals surface area contributed by atoms with Gasteiger partial charge in [0, 0.05) is 31.5 Å². The Morgan fingerprint density at radius 3 is 2.19 bits per heavy atom. The predicted molar refractivity (Wildman–Crippen MR) is 233 cm³/mol. The molecule has 0 radical (unpaired) electrons. The van der Waals surface area contributed by atoms with Gasteiger partial charge in [0.15, 0.2) is 0 Å². The second-order valence-electron chi connectivity index (χ2n) is 17.3. The highest BCUT2D eigenvalue weighted by Gasteiger charge is 2.43. The number of unbranched alkanes of at least 4 members (excludes halogenated alkanes) is 1. The molecular weight excluding hydrogens is 713 g/mol. The first-order chi connectivity index (χ1) is 27.3. The van der Waals surface area contributed by atoms with E-state index in [1.807, 2.05) is 25.7 Å². The number of carbonyl (C=O) groups excluding carboxylic acids is 3. The summed E-state index contributed by atoms with van der Waals surface area (Å²) >= 11 is 0. The first-order valence-electron chi connectivity index (χ1n) is 22.1. The Hall–Kier alpha value is -3.49. The Balaban J connectivity index is 1.31. The van der Waals surface area contributed by atoms with Crippen LogP contribution in [0.1, 0.15) is 138 Å². The summed E-state index contributed by atoms with van der Waals surface area (Å²) in [4.78, 5) is 40.6. The van der Waals surface area contributed by atoms with Crippen molar-refractivity contribution in [3.63, 3.8) is 0 Å². The van der Waals surface area contributed by atoms with Gasteiger partial charge in [0.2, 0.25) is 11.8 Å². The third-order valence-corrected chi connectivity index (χ3v) is 11.9. The number of allylic oxidation sites excluding steroid dienone is 13. The molecule has 2 unspecified atom stereocenters. The Bertz CT molecular complexity index is 1450. The van der Waals surface area contributed by atoms with Crippen molar-refractivity contribution in [2.45, 2.75) is 162 Å². The van der Waals surface area contributed by atoms with Crippen LogP contribution >= 0.6 is 0 Å². The molecule has 57 heavy (non-hydrogen) atoms. The standard InChI is InChI=1S/C49H76N2O6/c1-7-9-10-11-12-13-14-15-16-17-18-19-20-21-22-23-24-25-46(55)51-31-30-40(36-51)50-45(54)35-42(53)34-41(52)28-29-43-38(4)26-27-39-32-37(3)33-44(47(39)43)57-48(56)49(5,6)8-2/h9-10,12-13,15-16,18-19,21-22,26-27,32,37-38,40-44,47,52-53H,7-8,11,14,17,20,23-25,28-31,33-36H2,1-6H3,(H,50,54)/b10-9-,13-12-,16-15-,19-18-,22-21-/t37-,38-,40+,41-,42+,43-,44?,47?/m0/s1. The van der Waals surface area contributed by atoms with E-state index in [4.69, 9.17) is 4.74 Å². The van der Waals surface area contributed by atoms with Crippen molar-refractivity contribution in [1.82, 2.24) is 10.2 Å². The minimum atomic E-state index is -0.963. The third-order valence-electron chi connectivity index (χ3n) is 11.9. The molecule has 1 fully saturated rings. The van der Waals surface area contributed by atoms with Gasteiger partial charge in [-0.15, -0.1) is 0 Å². The van der Waals surface area contributed by atoms with E-state index in [0.29, 0.717) is 44.7 Å². The number of ether oxygens (including phenoxy) is 1. The Morgan fingerprint density at radius 2 is 1.56 bits per heavy atom. The molecular formula is C49H76N2O6. The summed E-state index contributed by atoms with van der Waals surface area (Å²) in [6, 6.07) is -0.129. The fraction of sp³-hybridized carbons (Fsp3) is 0.653. The number of fused-ring (bicyclic) bond motifs is 1. The minimum absolute atomic E-state index is 0.0717. The van der Waals surface area contributed by atoms with Crippen molar-refractivity contribution in [2.75, 3.05) is 13.1 Å². The fourth-order valence-electron chi connectivity index (χ4n) is 8.07. The molecule has 0 aromatic carbocycles. The zero-order valence-corrected chi connectivity index (χ0v) is 36.1. The van der Waals surface area contributed by atoms with Crippen molar-refractivity contribution >= 4 is 17.8 Å². The largest absolute Gasteiger partial charge is 0.461 e. The Morgan fingerprint density at radius 1 is 0.930 bits per heavy atom. The number of esters is 1. The van der Waals surface area contributed by atoms with Gasteiger partial charge in [-0.1, -0.05) is 107 Å². The summed E-state index contributed by atoms with van der Waals surface area (Å²) in [6.45, 7) is 13.5. The molecule has 0 bridgehead atoms. The maximum atomic E-state index is 13.1. The van der Waals surface area contributed by atoms with Crippen LogP contribution in [-0.2, 0) is 19.1 Å². The Labute approximate surface area is 345 Å². The van der Waals surface area contributed by atoms with Crippen molar-refractivity contribution < 1.29 is 29.3 Å². The summed E-state index contributed by atoms with van der Waals surface area (Å²) in [5.74, 6) is 0.526. The van der Waals surface area contributed by atoms with Gasteiger partial charge in [0.1, 0.15) is 6.10 Å². The van der Waals surface area contributed by atoms with E-state index in [2.05, 4.69) is 105 Å². The summed E-state index contributed by atoms with van der Waals surface area (Å²) in [5, 5.41) is 24.7. The number of nitrogens with zero attached hydrogens (tertiary/aromatic N) is 1. The summed E-state index contributed by atoms with van der Waals surface area (Å²) in [5.41, 5.74) is 0.672. The lowest BCUT2D eigenvalue weighted by molar-refractivity contribution is -0.164. The highest BCUT2D eigenvalue weighted by atomic mass is 16.5. The molecule has 0 spiro atoms. The molecule has 2 amide bonds. The second kappa shape index (κ2) is 25.8. The lowest BCUT2D eigenvalue weighted by Crippen LogP contribution is -2.43. The molecule has 318 valence electrons. The number of aliphatic hydroxyl groups excluding tert-OH is 2. The molecule has 2 aliphatic carbocycles. The zero-order valence-electron chi connectivity index (χ0n) is 36.1. The van der Waals surface area contributed by atoms with Gasteiger partial charge in [-0.05, 0) is 121 Å². The van der Waals surface area contributed by atoms with E-state index < -0.39 is 17.6 Å². The van der Waals surface area contributed by atoms with E-state index >= 15 is 0 Å². The van der Waals surface area contributed by atoms with Crippen molar-refractivity contribution in [3.05, 3.63) is 84.6 Å². The maximum Gasteiger partial charge on any atom is 0.311 e. The SMILES string of the molecule is CC/C=C\C/C=C\C/C=C\C/C=C\C/C=C\CCCC(=O)N1CC[C@@H](NC(=O)C[C@H](O)C[C@@H](O)CC[C@@H]2C3C(=C[C@H](C)CC3OC(=O)C(C)(C)CC)C=C[C@@H]2C)C1. The van der Waals surface area contributed by atoms with E-state index in [1.165, 1.54) is 5.57 Å². The number of hydrogen-bond acceptors (Lipinski definition) is 6. The zero-order chi connectivity index (χ0) is 41.6. The van der Waals surface area contributed by atoms with Crippen LogP contribution in [0.25, 0.3) is 0 Å². The normalized spacial score (nSPS) is 25.2. The van der Waals surface area contributed by atoms with Crippen molar-refractivity contribution in [1.29, 1.82) is 0 Å². The highest BCUT2D eigenvalue weighted by Crippen LogP contribution is 2.45. The molecule has 0 aromatic rings.